The second kappa shape index (κ2) is 10.2. The van der Waals surface area contributed by atoms with Gasteiger partial charge in [0.1, 0.15) is 6.04 Å². The van der Waals surface area contributed by atoms with E-state index in [-0.39, 0.29) is 30.3 Å². The van der Waals surface area contributed by atoms with Crippen molar-refractivity contribution >= 4 is 24.2 Å². The van der Waals surface area contributed by atoms with Gasteiger partial charge >= 0.3 is 0 Å². The van der Waals surface area contributed by atoms with Crippen LogP contribution < -0.4 is 11.1 Å². The Morgan fingerprint density at radius 1 is 1.21 bits per heavy atom. The predicted molar refractivity (Wildman–Crippen MR) is 99.0 cm³/mol. The van der Waals surface area contributed by atoms with Gasteiger partial charge in [0.25, 0.3) is 0 Å². The van der Waals surface area contributed by atoms with E-state index in [0.717, 1.165) is 32.2 Å². The molecule has 5 nitrogen and oxygen atoms in total. The van der Waals surface area contributed by atoms with Crippen LogP contribution in [0.15, 0.2) is 0 Å². The summed E-state index contributed by atoms with van der Waals surface area (Å²) in [5.41, 5.74) is 5.84. The second-order valence-corrected chi connectivity index (χ2v) is 7.55. The molecule has 1 saturated heterocycles. The molecule has 24 heavy (non-hydrogen) atoms. The van der Waals surface area contributed by atoms with Crippen molar-refractivity contribution in [1.29, 1.82) is 0 Å². The monoisotopic (exact) mass is 359 g/mol. The molecular weight excluding hydrogens is 326 g/mol. The minimum absolute atomic E-state index is 0. The van der Waals surface area contributed by atoms with E-state index in [1.165, 1.54) is 19.3 Å². The topological polar surface area (TPSA) is 75.4 Å². The van der Waals surface area contributed by atoms with E-state index in [1.54, 1.807) is 6.92 Å². The molecule has 1 saturated carbocycles. The maximum atomic E-state index is 12.7. The average Bonchev–Trinajstić information content (AvgIpc) is 2.54. The number of nitrogens with two attached hydrogens (primary N) is 1. The lowest BCUT2D eigenvalue weighted by Crippen LogP contribution is -2.55. The number of piperidine rings is 1. The Kier molecular flexibility index (Phi) is 9.06. The van der Waals surface area contributed by atoms with Crippen molar-refractivity contribution in [3.8, 4) is 0 Å². The van der Waals surface area contributed by atoms with Crippen molar-refractivity contribution < 1.29 is 9.59 Å². The molecule has 2 amide bonds. The van der Waals surface area contributed by atoms with Crippen molar-refractivity contribution in [2.24, 2.45) is 17.6 Å². The summed E-state index contributed by atoms with van der Waals surface area (Å²) in [4.78, 5) is 26.7. The molecule has 1 heterocycles. The van der Waals surface area contributed by atoms with E-state index in [2.05, 4.69) is 12.2 Å². The molecular formula is C18H34ClN3O2. The number of nitrogens with one attached hydrogen (secondary N) is 1. The van der Waals surface area contributed by atoms with Crippen molar-refractivity contribution in [2.45, 2.75) is 77.3 Å². The number of hydrogen-bond acceptors (Lipinski definition) is 3. The molecule has 0 spiro atoms. The van der Waals surface area contributed by atoms with E-state index in [4.69, 9.17) is 5.73 Å². The molecule has 0 aromatic heterocycles. The maximum absolute atomic E-state index is 12.7. The van der Waals surface area contributed by atoms with Crippen molar-refractivity contribution in [3.63, 3.8) is 0 Å². The minimum atomic E-state index is -0.450. The number of amides is 2. The van der Waals surface area contributed by atoms with Gasteiger partial charge in [0.05, 0.1) is 0 Å². The summed E-state index contributed by atoms with van der Waals surface area (Å²) in [5.74, 6) is 1.15. The van der Waals surface area contributed by atoms with Gasteiger partial charge in [-0.25, -0.2) is 0 Å². The highest BCUT2D eigenvalue weighted by molar-refractivity contribution is 5.87. The fraction of sp³-hybridized carbons (Fsp3) is 0.889. The predicted octanol–water partition coefficient (Wildman–Crippen LogP) is 2.47. The Balaban J connectivity index is 0.00000288. The van der Waals surface area contributed by atoms with E-state index < -0.39 is 6.04 Å². The van der Waals surface area contributed by atoms with Crippen LogP contribution in [0, 0.1) is 11.8 Å². The minimum Gasteiger partial charge on any atom is -0.345 e. The normalized spacial score (nSPS) is 26.4. The zero-order valence-corrected chi connectivity index (χ0v) is 15.9. The molecule has 2 fully saturated rings. The quantitative estimate of drug-likeness (QED) is 0.791. The van der Waals surface area contributed by atoms with Crippen LogP contribution in [-0.4, -0.2) is 41.9 Å². The highest BCUT2D eigenvalue weighted by Gasteiger charge is 2.32. The van der Waals surface area contributed by atoms with Crippen LogP contribution in [-0.2, 0) is 9.59 Å². The first-order chi connectivity index (χ1) is 11.0. The molecule has 0 radical (unpaired) electrons. The third-order valence-corrected chi connectivity index (χ3v) is 5.48. The maximum Gasteiger partial charge on any atom is 0.245 e. The van der Waals surface area contributed by atoms with Gasteiger partial charge in [-0.15, -0.1) is 12.4 Å². The van der Waals surface area contributed by atoms with E-state index in [0.29, 0.717) is 24.8 Å². The summed E-state index contributed by atoms with van der Waals surface area (Å²) in [6, 6.07) is -0.336. The lowest BCUT2D eigenvalue weighted by molar-refractivity contribution is -0.139. The van der Waals surface area contributed by atoms with Gasteiger partial charge in [-0.05, 0) is 44.4 Å². The zero-order chi connectivity index (χ0) is 16.8. The lowest BCUT2D eigenvalue weighted by Gasteiger charge is -2.39. The summed E-state index contributed by atoms with van der Waals surface area (Å²) in [7, 11) is 0. The fourth-order valence-corrected chi connectivity index (χ4v) is 4.03. The smallest absolute Gasteiger partial charge is 0.245 e. The van der Waals surface area contributed by atoms with Gasteiger partial charge < -0.3 is 16.0 Å². The first-order valence-corrected chi connectivity index (χ1v) is 9.31. The van der Waals surface area contributed by atoms with Crippen LogP contribution in [0.1, 0.15) is 65.2 Å². The summed E-state index contributed by atoms with van der Waals surface area (Å²) < 4.78 is 0. The van der Waals surface area contributed by atoms with Gasteiger partial charge in [0.15, 0.2) is 0 Å². The van der Waals surface area contributed by atoms with Crippen LogP contribution in [0.2, 0.25) is 0 Å². The van der Waals surface area contributed by atoms with Gasteiger partial charge in [0, 0.05) is 25.6 Å². The molecule has 6 heteroatoms. The summed E-state index contributed by atoms with van der Waals surface area (Å²) in [5, 5.41) is 2.91. The summed E-state index contributed by atoms with van der Waals surface area (Å²) in [6.45, 7) is 5.26. The van der Waals surface area contributed by atoms with Crippen molar-refractivity contribution in [1.82, 2.24) is 10.2 Å². The Morgan fingerprint density at radius 3 is 2.50 bits per heavy atom. The lowest BCUT2D eigenvalue weighted by atomic mass is 9.87. The molecule has 0 aromatic carbocycles. The van der Waals surface area contributed by atoms with Crippen molar-refractivity contribution in [3.05, 3.63) is 0 Å². The molecule has 0 aromatic rings. The molecule has 3 atom stereocenters. The molecule has 1 aliphatic carbocycles. The van der Waals surface area contributed by atoms with Crippen LogP contribution in [0.3, 0.4) is 0 Å². The number of carbonyl (C=O) groups excluding carboxylic acids is 2. The summed E-state index contributed by atoms with van der Waals surface area (Å²) >= 11 is 0. The number of nitrogens with zero attached hydrogens (tertiary/aromatic N) is 1. The standard InChI is InChI=1S/C18H33N3O2.ClH/c1-13-8-9-21(16(10-13)12-19)18(23)14(2)20-17(22)11-15-6-4-3-5-7-15;/h13-16H,3-12,19H2,1-2H3,(H,20,22);1H. The van der Waals surface area contributed by atoms with Crippen LogP contribution in [0.5, 0.6) is 0 Å². The number of rotatable bonds is 5. The van der Waals surface area contributed by atoms with E-state index in [1.807, 2.05) is 4.90 Å². The molecule has 2 rings (SSSR count). The molecule has 0 bridgehead atoms. The Hall–Kier alpha value is -0.810. The largest absolute Gasteiger partial charge is 0.345 e. The summed E-state index contributed by atoms with van der Waals surface area (Å²) in [6.07, 6.45) is 8.60. The molecule has 3 N–H and O–H groups in total. The Labute approximate surface area is 152 Å². The molecule has 3 unspecified atom stereocenters. The molecule has 2 aliphatic rings. The highest BCUT2D eigenvalue weighted by atomic mass is 35.5. The number of carbonyl (C=O) groups is 2. The fourth-order valence-electron chi connectivity index (χ4n) is 4.03. The Morgan fingerprint density at radius 2 is 1.88 bits per heavy atom. The van der Waals surface area contributed by atoms with E-state index >= 15 is 0 Å². The SMILES string of the molecule is CC1CCN(C(=O)C(C)NC(=O)CC2CCCCC2)C(CN)C1.Cl. The third-order valence-electron chi connectivity index (χ3n) is 5.48. The number of hydrogen-bond donors (Lipinski definition) is 2. The van der Waals surface area contributed by atoms with Crippen LogP contribution in [0.25, 0.3) is 0 Å². The number of likely N-dealkylation sites (tertiary alicyclic amines) is 1. The van der Waals surface area contributed by atoms with Gasteiger partial charge in [0.2, 0.25) is 11.8 Å². The first kappa shape index (κ1) is 21.2. The average molecular weight is 360 g/mol. The van der Waals surface area contributed by atoms with Crippen LogP contribution >= 0.6 is 12.4 Å². The second-order valence-electron chi connectivity index (χ2n) is 7.55. The van der Waals surface area contributed by atoms with E-state index in [9.17, 15) is 9.59 Å². The van der Waals surface area contributed by atoms with Gasteiger partial charge in [-0.3, -0.25) is 9.59 Å². The van der Waals surface area contributed by atoms with Crippen molar-refractivity contribution in [2.75, 3.05) is 13.1 Å². The molecule has 140 valence electrons. The number of halogens is 1. The first-order valence-electron chi connectivity index (χ1n) is 9.31. The molecule has 1 aliphatic heterocycles. The Bertz CT molecular complexity index is 413. The van der Waals surface area contributed by atoms with Gasteiger partial charge in [-0.2, -0.15) is 0 Å². The highest BCUT2D eigenvalue weighted by Crippen LogP contribution is 2.26. The van der Waals surface area contributed by atoms with Gasteiger partial charge in [-0.1, -0.05) is 26.2 Å². The third kappa shape index (κ3) is 5.92. The zero-order valence-electron chi connectivity index (χ0n) is 15.1. The van der Waals surface area contributed by atoms with Crippen LogP contribution in [0.4, 0.5) is 0 Å².